The van der Waals surface area contributed by atoms with Crippen LogP contribution in [0.1, 0.15) is 53.9 Å². The third-order valence-corrected chi connectivity index (χ3v) is 4.03. The van der Waals surface area contributed by atoms with Crippen LogP contribution in [0.15, 0.2) is 0 Å². The molecule has 21 heavy (non-hydrogen) atoms. The van der Waals surface area contributed by atoms with Gasteiger partial charge in [-0.05, 0) is 24.2 Å². The van der Waals surface area contributed by atoms with Crippen molar-refractivity contribution >= 4 is 5.91 Å². The lowest BCUT2D eigenvalue weighted by Crippen LogP contribution is -2.52. The van der Waals surface area contributed by atoms with Crippen LogP contribution in [0, 0.1) is 11.3 Å². The number of nitrogens with zero attached hydrogens (tertiary/aromatic N) is 1. The second-order valence-corrected chi connectivity index (χ2v) is 7.77. The van der Waals surface area contributed by atoms with Crippen molar-refractivity contribution in [1.29, 1.82) is 0 Å². The molecule has 0 radical (unpaired) electrons. The van der Waals surface area contributed by atoms with E-state index in [0.717, 1.165) is 32.1 Å². The van der Waals surface area contributed by atoms with E-state index in [1.807, 2.05) is 0 Å². The molecule has 1 rings (SSSR count). The highest BCUT2D eigenvalue weighted by Gasteiger charge is 2.27. The molecule has 2 N–H and O–H groups in total. The Morgan fingerprint density at radius 1 is 1.29 bits per heavy atom. The zero-order valence-corrected chi connectivity index (χ0v) is 14.7. The van der Waals surface area contributed by atoms with Crippen LogP contribution in [-0.4, -0.2) is 49.6 Å². The first-order chi connectivity index (χ1) is 9.80. The van der Waals surface area contributed by atoms with Gasteiger partial charge in [-0.15, -0.1) is 0 Å². The fourth-order valence-corrected chi connectivity index (χ4v) is 3.09. The van der Waals surface area contributed by atoms with Crippen LogP contribution in [0.25, 0.3) is 0 Å². The second-order valence-electron chi connectivity index (χ2n) is 7.77. The summed E-state index contributed by atoms with van der Waals surface area (Å²) in [5.74, 6) is 0.859. The van der Waals surface area contributed by atoms with E-state index in [9.17, 15) is 4.79 Å². The number of amides is 1. The summed E-state index contributed by atoms with van der Waals surface area (Å²) in [5.41, 5.74) is 0.332. The molecule has 124 valence electrons. The van der Waals surface area contributed by atoms with Gasteiger partial charge >= 0.3 is 0 Å². The van der Waals surface area contributed by atoms with E-state index in [4.69, 9.17) is 0 Å². The Balaban J connectivity index is 2.45. The van der Waals surface area contributed by atoms with Crippen LogP contribution in [-0.2, 0) is 4.79 Å². The van der Waals surface area contributed by atoms with Gasteiger partial charge in [0.25, 0.3) is 0 Å². The lowest BCUT2D eigenvalue weighted by molar-refractivity contribution is -0.119. The first-order valence-corrected chi connectivity index (χ1v) is 8.50. The Kier molecular flexibility index (Phi) is 7.67. The summed E-state index contributed by atoms with van der Waals surface area (Å²) >= 11 is 0. The van der Waals surface area contributed by atoms with Crippen molar-refractivity contribution in [3.05, 3.63) is 0 Å². The Bertz CT molecular complexity index is 312. The van der Waals surface area contributed by atoms with Crippen molar-refractivity contribution in [2.75, 3.05) is 32.7 Å². The van der Waals surface area contributed by atoms with E-state index in [-0.39, 0.29) is 5.91 Å². The number of hydrogen-bond acceptors (Lipinski definition) is 3. The van der Waals surface area contributed by atoms with E-state index in [0.29, 0.717) is 11.5 Å². The summed E-state index contributed by atoms with van der Waals surface area (Å²) in [4.78, 5) is 13.5. The number of nitrogens with one attached hydrogen (secondary N) is 2. The van der Waals surface area contributed by atoms with Crippen molar-refractivity contribution in [1.82, 2.24) is 15.5 Å². The highest BCUT2D eigenvalue weighted by molar-refractivity contribution is 5.72. The van der Waals surface area contributed by atoms with Crippen molar-refractivity contribution in [2.45, 2.75) is 59.9 Å². The fourth-order valence-electron chi connectivity index (χ4n) is 3.09. The molecule has 1 amide bonds. The standard InChI is InChI=1S/C17H35N3O/c1-6-7-15-10-16(19-13-17(3,4)5)12-20(11-15)9-8-18-14(2)21/h15-16,19H,6-13H2,1-5H3,(H,18,21). The highest BCUT2D eigenvalue weighted by Crippen LogP contribution is 2.22. The Hall–Kier alpha value is -0.610. The van der Waals surface area contributed by atoms with Crippen LogP contribution in [0.2, 0.25) is 0 Å². The molecule has 0 saturated carbocycles. The number of hydrogen-bond donors (Lipinski definition) is 2. The summed E-state index contributed by atoms with van der Waals surface area (Å²) in [6.07, 6.45) is 3.86. The molecular weight excluding hydrogens is 262 g/mol. The summed E-state index contributed by atoms with van der Waals surface area (Å²) in [6.45, 7) is 15.8. The van der Waals surface area contributed by atoms with Crippen LogP contribution in [0.4, 0.5) is 0 Å². The maximum Gasteiger partial charge on any atom is 0.216 e. The average molecular weight is 297 g/mol. The molecule has 1 fully saturated rings. The van der Waals surface area contributed by atoms with Crippen molar-refractivity contribution in [2.24, 2.45) is 11.3 Å². The van der Waals surface area contributed by atoms with Gasteiger partial charge in [0.15, 0.2) is 0 Å². The quantitative estimate of drug-likeness (QED) is 0.757. The maximum atomic E-state index is 11.0. The topological polar surface area (TPSA) is 44.4 Å². The summed E-state index contributed by atoms with van der Waals surface area (Å²) in [6, 6.07) is 0.590. The van der Waals surface area contributed by atoms with E-state index in [1.54, 1.807) is 6.92 Å². The molecule has 4 heteroatoms. The Labute approximate surface area is 131 Å². The molecule has 1 aliphatic rings. The third-order valence-electron chi connectivity index (χ3n) is 4.03. The van der Waals surface area contributed by atoms with Gasteiger partial charge in [-0.25, -0.2) is 0 Å². The Morgan fingerprint density at radius 3 is 2.57 bits per heavy atom. The largest absolute Gasteiger partial charge is 0.355 e. The molecule has 1 aliphatic heterocycles. The number of rotatable bonds is 7. The minimum absolute atomic E-state index is 0.0690. The molecule has 0 aromatic carbocycles. The third kappa shape index (κ3) is 8.42. The van der Waals surface area contributed by atoms with Gasteiger partial charge in [0, 0.05) is 45.7 Å². The second kappa shape index (κ2) is 8.74. The molecule has 0 bridgehead atoms. The maximum absolute atomic E-state index is 11.0. The van der Waals surface area contributed by atoms with E-state index < -0.39 is 0 Å². The monoisotopic (exact) mass is 297 g/mol. The molecule has 1 saturated heterocycles. The normalized spacial score (nSPS) is 24.0. The number of piperidine rings is 1. The number of likely N-dealkylation sites (tertiary alicyclic amines) is 1. The van der Waals surface area contributed by atoms with Crippen molar-refractivity contribution in [3.8, 4) is 0 Å². The van der Waals surface area contributed by atoms with Crippen LogP contribution < -0.4 is 10.6 Å². The van der Waals surface area contributed by atoms with E-state index in [2.05, 4.69) is 43.2 Å². The number of carbonyl (C=O) groups is 1. The molecule has 0 spiro atoms. The van der Waals surface area contributed by atoms with Crippen LogP contribution in [0.5, 0.6) is 0 Å². The predicted molar refractivity (Wildman–Crippen MR) is 89.4 cm³/mol. The number of carbonyl (C=O) groups excluding carboxylic acids is 1. The average Bonchev–Trinajstić information content (AvgIpc) is 2.35. The van der Waals surface area contributed by atoms with Gasteiger partial charge in [0.2, 0.25) is 5.91 Å². The summed E-state index contributed by atoms with van der Waals surface area (Å²) in [5, 5.41) is 6.66. The molecule has 1 heterocycles. The van der Waals surface area contributed by atoms with Crippen LogP contribution in [0.3, 0.4) is 0 Å². The van der Waals surface area contributed by atoms with Gasteiger partial charge in [0.05, 0.1) is 0 Å². The summed E-state index contributed by atoms with van der Waals surface area (Å²) < 4.78 is 0. The van der Waals surface area contributed by atoms with E-state index in [1.165, 1.54) is 25.8 Å². The van der Waals surface area contributed by atoms with Crippen molar-refractivity contribution in [3.63, 3.8) is 0 Å². The fraction of sp³-hybridized carbons (Fsp3) is 0.941. The molecule has 4 nitrogen and oxygen atoms in total. The first-order valence-electron chi connectivity index (χ1n) is 8.50. The van der Waals surface area contributed by atoms with Crippen LogP contribution >= 0.6 is 0 Å². The molecule has 2 atom stereocenters. The SMILES string of the molecule is CCCC1CC(NCC(C)(C)C)CN(CCNC(C)=O)C1. The Morgan fingerprint density at radius 2 is 2.00 bits per heavy atom. The minimum Gasteiger partial charge on any atom is -0.355 e. The van der Waals surface area contributed by atoms with E-state index >= 15 is 0 Å². The van der Waals surface area contributed by atoms with Gasteiger partial charge in [-0.2, -0.15) is 0 Å². The first kappa shape index (κ1) is 18.4. The van der Waals surface area contributed by atoms with Crippen molar-refractivity contribution < 1.29 is 4.79 Å². The molecule has 0 aliphatic carbocycles. The molecule has 2 unspecified atom stereocenters. The smallest absolute Gasteiger partial charge is 0.216 e. The van der Waals surface area contributed by atoms with Gasteiger partial charge in [0.1, 0.15) is 0 Å². The van der Waals surface area contributed by atoms with Gasteiger partial charge in [-0.3, -0.25) is 9.69 Å². The predicted octanol–water partition coefficient (Wildman–Crippen LogP) is 2.25. The van der Waals surface area contributed by atoms with Gasteiger partial charge < -0.3 is 10.6 Å². The molecule has 0 aromatic heterocycles. The lowest BCUT2D eigenvalue weighted by Gasteiger charge is -2.39. The molecule has 0 aromatic rings. The highest BCUT2D eigenvalue weighted by atomic mass is 16.1. The van der Waals surface area contributed by atoms with Gasteiger partial charge in [-0.1, -0.05) is 34.1 Å². The minimum atomic E-state index is 0.0690. The zero-order chi connectivity index (χ0) is 15.9. The summed E-state index contributed by atoms with van der Waals surface area (Å²) in [7, 11) is 0. The lowest BCUT2D eigenvalue weighted by atomic mass is 9.89. The molecular formula is C17H35N3O. The zero-order valence-electron chi connectivity index (χ0n) is 14.7.